The summed E-state index contributed by atoms with van der Waals surface area (Å²) in [6.45, 7) is 4.39. The third-order valence-corrected chi connectivity index (χ3v) is 4.22. The first-order valence-electron chi connectivity index (χ1n) is 7.58. The first kappa shape index (κ1) is 13.8. The molecule has 2 N–H and O–H groups in total. The molecule has 5 nitrogen and oxygen atoms in total. The Balaban J connectivity index is 2.08. The second-order valence-electron chi connectivity index (χ2n) is 6.67. The summed E-state index contributed by atoms with van der Waals surface area (Å²) in [4.78, 5) is 24.6. The fourth-order valence-corrected chi connectivity index (χ4v) is 3.23. The van der Waals surface area contributed by atoms with Gasteiger partial charge in [0.15, 0.2) is 0 Å². The van der Waals surface area contributed by atoms with Gasteiger partial charge in [0.1, 0.15) is 0 Å². The number of nitrogens with one attached hydrogen (secondary N) is 2. The predicted molar refractivity (Wildman–Crippen MR) is 89.5 cm³/mol. The average molecular weight is 307 g/mol. The van der Waals surface area contributed by atoms with Crippen LogP contribution >= 0.6 is 0 Å². The van der Waals surface area contributed by atoms with Gasteiger partial charge in [-0.1, -0.05) is 24.3 Å². The maximum atomic E-state index is 12.7. The molecule has 0 aliphatic carbocycles. The molecule has 0 radical (unpaired) electrons. The zero-order chi connectivity index (χ0) is 16.2. The van der Waals surface area contributed by atoms with Crippen molar-refractivity contribution in [3.63, 3.8) is 0 Å². The third-order valence-electron chi connectivity index (χ3n) is 4.22. The fourth-order valence-electron chi connectivity index (χ4n) is 3.23. The van der Waals surface area contributed by atoms with Crippen LogP contribution in [0.1, 0.15) is 24.2 Å². The van der Waals surface area contributed by atoms with Crippen molar-refractivity contribution in [1.82, 2.24) is 15.1 Å². The Kier molecular flexibility index (Phi) is 2.75. The molecule has 0 unspecified atom stereocenters. The fraction of sp³-hybridized carbons (Fsp3) is 0.222. The van der Waals surface area contributed by atoms with Crippen molar-refractivity contribution in [2.45, 2.75) is 25.9 Å². The van der Waals surface area contributed by atoms with Gasteiger partial charge in [-0.2, -0.15) is 0 Å². The maximum absolute atomic E-state index is 12.7. The van der Waals surface area contributed by atoms with Gasteiger partial charge in [-0.05, 0) is 36.8 Å². The van der Waals surface area contributed by atoms with Crippen LogP contribution in [0.15, 0.2) is 47.3 Å². The Hall–Kier alpha value is -2.82. The molecule has 1 aliphatic rings. The van der Waals surface area contributed by atoms with Crippen LogP contribution in [-0.2, 0) is 6.54 Å². The molecule has 5 heteroatoms. The number of H-pyrrole nitrogens is 1. The van der Waals surface area contributed by atoms with E-state index in [0.29, 0.717) is 12.1 Å². The van der Waals surface area contributed by atoms with Gasteiger partial charge in [0, 0.05) is 17.2 Å². The highest BCUT2D eigenvalue weighted by Gasteiger charge is 2.29. The third kappa shape index (κ3) is 2.25. The summed E-state index contributed by atoms with van der Waals surface area (Å²) >= 11 is 0. The molecule has 0 saturated carbocycles. The van der Waals surface area contributed by atoms with Crippen LogP contribution in [-0.4, -0.2) is 21.2 Å². The van der Waals surface area contributed by atoms with Crippen LogP contribution in [0.4, 0.5) is 0 Å². The minimum atomic E-state index is -0.461. The minimum absolute atomic E-state index is 0.115. The second-order valence-corrected chi connectivity index (χ2v) is 6.67. The Bertz CT molecular complexity index is 995. The molecule has 0 bridgehead atoms. The zero-order valence-corrected chi connectivity index (χ0v) is 13.0. The minimum Gasteiger partial charge on any atom is -0.345 e. The lowest BCUT2D eigenvalue weighted by atomic mass is 9.95. The highest BCUT2D eigenvalue weighted by atomic mass is 16.2. The molecule has 23 heavy (non-hydrogen) atoms. The maximum Gasteiger partial charge on any atom is 0.264 e. The highest BCUT2D eigenvalue weighted by molar-refractivity contribution is 6.05. The summed E-state index contributed by atoms with van der Waals surface area (Å²) in [5.41, 5.74) is 1.49. The largest absolute Gasteiger partial charge is 0.345 e. The van der Waals surface area contributed by atoms with Crippen molar-refractivity contribution >= 4 is 16.7 Å². The number of hydrogen-bond donors (Lipinski definition) is 2. The molecule has 116 valence electrons. The first-order valence-corrected chi connectivity index (χ1v) is 7.58. The average Bonchev–Trinajstić information content (AvgIpc) is 2.83. The van der Waals surface area contributed by atoms with Gasteiger partial charge in [-0.25, -0.2) is 0 Å². The van der Waals surface area contributed by atoms with Crippen LogP contribution in [0.25, 0.3) is 22.0 Å². The number of aromatic nitrogens is 2. The van der Waals surface area contributed by atoms with E-state index in [2.05, 4.69) is 10.4 Å². The van der Waals surface area contributed by atoms with E-state index in [1.807, 2.05) is 54.9 Å². The Morgan fingerprint density at radius 1 is 1.00 bits per heavy atom. The smallest absolute Gasteiger partial charge is 0.264 e. The van der Waals surface area contributed by atoms with Crippen molar-refractivity contribution in [3.8, 4) is 11.3 Å². The zero-order valence-electron chi connectivity index (χ0n) is 13.0. The molecule has 2 aromatic carbocycles. The van der Waals surface area contributed by atoms with Crippen LogP contribution in [0.5, 0.6) is 0 Å². The molecule has 3 aromatic rings. The molecular weight excluding hydrogens is 290 g/mol. The van der Waals surface area contributed by atoms with Crippen molar-refractivity contribution in [3.05, 3.63) is 58.4 Å². The molecule has 2 heterocycles. The van der Waals surface area contributed by atoms with Gasteiger partial charge < -0.3 is 5.32 Å². The van der Waals surface area contributed by atoms with Crippen molar-refractivity contribution in [2.24, 2.45) is 0 Å². The predicted octanol–water partition coefficient (Wildman–Crippen LogP) is 2.52. The summed E-state index contributed by atoms with van der Waals surface area (Å²) in [7, 11) is 0. The monoisotopic (exact) mass is 307 g/mol. The molecule has 1 aliphatic heterocycles. The Morgan fingerprint density at radius 2 is 1.65 bits per heavy atom. The van der Waals surface area contributed by atoms with E-state index < -0.39 is 5.54 Å². The van der Waals surface area contributed by atoms with Crippen LogP contribution < -0.4 is 10.9 Å². The normalized spacial score (nSPS) is 16.2. The van der Waals surface area contributed by atoms with E-state index in [9.17, 15) is 9.59 Å². The molecule has 0 spiro atoms. The number of fused-ring (bicyclic) bond motifs is 4. The van der Waals surface area contributed by atoms with Crippen molar-refractivity contribution in [2.75, 3.05) is 0 Å². The lowest BCUT2D eigenvalue weighted by Gasteiger charge is -2.30. The number of carbonyl (C=O) groups is 1. The van der Waals surface area contributed by atoms with Gasteiger partial charge in [-0.15, -0.1) is 0 Å². The Morgan fingerprint density at radius 3 is 2.35 bits per heavy atom. The number of benzene rings is 2. The molecule has 4 rings (SSSR count). The Labute approximate surface area is 132 Å². The summed E-state index contributed by atoms with van der Waals surface area (Å²) in [6, 6.07) is 13.3. The van der Waals surface area contributed by atoms with Crippen LogP contribution in [0.2, 0.25) is 0 Å². The summed E-state index contributed by atoms with van der Waals surface area (Å²) < 4.78 is 1.81. The van der Waals surface area contributed by atoms with E-state index in [-0.39, 0.29) is 11.5 Å². The van der Waals surface area contributed by atoms with E-state index in [4.69, 9.17) is 0 Å². The van der Waals surface area contributed by atoms with Gasteiger partial charge in [0.25, 0.3) is 11.5 Å². The summed E-state index contributed by atoms with van der Waals surface area (Å²) in [5, 5.41) is 7.93. The number of amides is 1. The number of carbonyl (C=O) groups excluding carboxylic acids is 1. The standard InChI is InChI=1S/C18H17N3O2/c1-18(2)10-21-15(9-16(22)20-21)13-7-11-5-3-4-6-12(11)8-14(13)17(23)19-18/h3-9H,10H2,1-2H3,(H,19,23)(H,20,22). The molecule has 0 atom stereocenters. The number of hydrogen-bond acceptors (Lipinski definition) is 2. The SMILES string of the molecule is CC1(C)Cn2[nH]c(=O)cc2-c2cc3ccccc3cc2C(=O)N1. The molecule has 1 aromatic heterocycles. The van der Waals surface area contributed by atoms with Gasteiger partial charge in [0.2, 0.25) is 0 Å². The summed E-state index contributed by atoms with van der Waals surface area (Å²) in [5.74, 6) is -0.115. The molecule has 1 amide bonds. The van der Waals surface area contributed by atoms with Crippen LogP contribution in [0.3, 0.4) is 0 Å². The van der Waals surface area contributed by atoms with Gasteiger partial charge >= 0.3 is 0 Å². The lowest BCUT2D eigenvalue weighted by molar-refractivity contribution is 0.0902. The van der Waals surface area contributed by atoms with Gasteiger partial charge in [-0.3, -0.25) is 19.4 Å². The lowest BCUT2D eigenvalue weighted by Crippen LogP contribution is -2.48. The summed E-state index contributed by atoms with van der Waals surface area (Å²) in [6.07, 6.45) is 0. The van der Waals surface area contributed by atoms with E-state index in [1.54, 1.807) is 6.07 Å². The van der Waals surface area contributed by atoms with E-state index >= 15 is 0 Å². The first-order chi connectivity index (χ1) is 10.9. The number of nitrogens with zero attached hydrogens (tertiary/aromatic N) is 1. The quantitative estimate of drug-likeness (QED) is 0.670. The van der Waals surface area contributed by atoms with Crippen molar-refractivity contribution in [1.29, 1.82) is 0 Å². The van der Waals surface area contributed by atoms with E-state index in [0.717, 1.165) is 22.0 Å². The molecular formula is C18H17N3O2. The number of aromatic amines is 1. The van der Waals surface area contributed by atoms with E-state index in [1.165, 1.54) is 0 Å². The van der Waals surface area contributed by atoms with Crippen LogP contribution in [0, 0.1) is 0 Å². The van der Waals surface area contributed by atoms with Gasteiger partial charge in [0.05, 0.1) is 17.8 Å². The molecule has 0 fully saturated rings. The number of rotatable bonds is 0. The highest BCUT2D eigenvalue weighted by Crippen LogP contribution is 2.30. The molecule has 0 saturated heterocycles. The topological polar surface area (TPSA) is 66.9 Å². The second kappa shape index (κ2) is 4.59. The van der Waals surface area contributed by atoms with Crippen molar-refractivity contribution < 1.29 is 4.79 Å².